The van der Waals surface area contributed by atoms with Gasteiger partial charge in [-0.25, -0.2) is 0 Å². The fourth-order valence-corrected chi connectivity index (χ4v) is 2.91. The first-order chi connectivity index (χ1) is 5.95. The summed E-state index contributed by atoms with van der Waals surface area (Å²) in [7, 11) is 0. The SMILES string of the molecule is CC(N)(CO)c1cc(I)cc(I)c1. The summed E-state index contributed by atoms with van der Waals surface area (Å²) in [6, 6.07) is 6.07. The zero-order valence-electron chi connectivity index (χ0n) is 7.22. The van der Waals surface area contributed by atoms with E-state index in [0.717, 1.165) is 12.7 Å². The fraction of sp³-hybridized carbons (Fsp3) is 0.333. The zero-order chi connectivity index (χ0) is 10.1. The summed E-state index contributed by atoms with van der Waals surface area (Å²) in [5.74, 6) is 0. The van der Waals surface area contributed by atoms with Gasteiger partial charge < -0.3 is 10.8 Å². The maximum atomic E-state index is 9.10. The van der Waals surface area contributed by atoms with Crippen LogP contribution >= 0.6 is 45.2 Å². The smallest absolute Gasteiger partial charge is 0.0650 e. The Morgan fingerprint density at radius 1 is 1.31 bits per heavy atom. The van der Waals surface area contributed by atoms with Crippen molar-refractivity contribution in [2.24, 2.45) is 5.73 Å². The first kappa shape index (κ1) is 11.7. The van der Waals surface area contributed by atoms with Crippen LogP contribution in [0.2, 0.25) is 0 Å². The van der Waals surface area contributed by atoms with E-state index in [9.17, 15) is 0 Å². The minimum Gasteiger partial charge on any atom is -0.394 e. The highest BCUT2D eigenvalue weighted by atomic mass is 127. The predicted octanol–water partition coefficient (Wildman–Crippen LogP) is 2.06. The Hall–Kier alpha value is 0.600. The molecule has 0 aliphatic rings. The Bertz CT molecular complexity index is 292. The lowest BCUT2D eigenvalue weighted by Crippen LogP contribution is -2.37. The number of aliphatic hydroxyl groups excluding tert-OH is 1. The van der Waals surface area contributed by atoms with Gasteiger partial charge in [0.2, 0.25) is 0 Å². The van der Waals surface area contributed by atoms with Crippen LogP contribution in [0.4, 0.5) is 0 Å². The molecule has 1 atom stereocenters. The predicted molar refractivity (Wildman–Crippen MR) is 70.5 cm³/mol. The van der Waals surface area contributed by atoms with E-state index in [1.54, 1.807) is 0 Å². The van der Waals surface area contributed by atoms with Gasteiger partial charge in [0.05, 0.1) is 12.1 Å². The molecule has 0 aliphatic heterocycles. The molecule has 1 rings (SSSR count). The second kappa shape index (κ2) is 4.41. The first-order valence-corrected chi connectivity index (χ1v) is 5.98. The lowest BCUT2D eigenvalue weighted by molar-refractivity contribution is 0.210. The normalized spacial score (nSPS) is 15.5. The van der Waals surface area contributed by atoms with Crippen molar-refractivity contribution in [3.05, 3.63) is 30.9 Å². The molecule has 2 nitrogen and oxygen atoms in total. The van der Waals surface area contributed by atoms with E-state index in [2.05, 4.69) is 51.2 Å². The number of hydrogen-bond acceptors (Lipinski definition) is 2. The van der Waals surface area contributed by atoms with E-state index in [4.69, 9.17) is 10.8 Å². The van der Waals surface area contributed by atoms with Gasteiger partial charge in [-0.15, -0.1) is 0 Å². The van der Waals surface area contributed by atoms with Gasteiger partial charge >= 0.3 is 0 Å². The molecule has 0 spiro atoms. The Morgan fingerprint density at radius 3 is 2.15 bits per heavy atom. The zero-order valence-corrected chi connectivity index (χ0v) is 11.5. The Kier molecular flexibility index (Phi) is 3.96. The number of aliphatic hydroxyl groups is 1. The number of rotatable bonds is 2. The average molecular weight is 403 g/mol. The van der Waals surface area contributed by atoms with Crippen molar-refractivity contribution in [2.75, 3.05) is 6.61 Å². The van der Waals surface area contributed by atoms with Crippen molar-refractivity contribution in [3.8, 4) is 0 Å². The molecular formula is C9H11I2NO. The first-order valence-electron chi connectivity index (χ1n) is 3.82. The summed E-state index contributed by atoms with van der Waals surface area (Å²) in [4.78, 5) is 0. The monoisotopic (exact) mass is 403 g/mol. The van der Waals surface area contributed by atoms with Crippen LogP contribution in [-0.2, 0) is 5.54 Å². The van der Waals surface area contributed by atoms with Gasteiger partial charge in [-0.1, -0.05) is 0 Å². The quantitative estimate of drug-likeness (QED) is 0.744. The Labute approximate surface area is 105 Å². The molecule has 0 bridgehead atoms. The van der Waals surface area contributed by atoms with E-state index < -0.39 is 5.54 Å². The fourth-order valence-electron chi connectivity index (χ4n) is 0.975. The van der Waals surface area contributed by atoms with Crippen molar-refractivity contribution in [3.63, 3.8) is 0 Å². The second-order valence-electron chi connectivity index (χ2n) is 3.23. The molecule has 0 heterocycles. The topological polar surface area (TPSA) is 46.2 Å². The van der Waals surface area contributed by atoms with Crippen LogP contribution in [0.15, 0.2) is 18.2 Å². The Morgan fingerprint density at radius 2 is 1.77 bits per heavy atom. The molecular weight excluding hydrogens is 392 g/mol. The molecule has 0 saturated carbocycles. The second-order valence-corrected chi connectivity index (χ2v) is 5.72. The third-order valence-electron chi connectivity index (χ3n) is 1.85. The molecule has 1 aromatic carbocycles. The average Bonchev–Trinajstić information content (AvgIpc) is 2.02. The van der Waals surface area contributed by atoms with Gasteiger partial charge in [0, 0.05) is 7.14 Å². The molecule has 0 aliphatic carbocycles. The number of halogens is 2. The van der Waals surface area contributed by atoms with Crippen LogP contribution in [0, 0.1) is 7.14 Å². The van der Waals surface area contributed by atoms with Gasteiger partial charge in [0.15, 0.2) is 0 Å². The van der Waals surface area contributed by atoms with Crippen LogP contribution < -0.4 is 5.73 Å². The molecule has 0 amide bonds. The summed E-state index contributed by atoms with van der Waals surface area (Å²) in [5.41, 5.74) is 6.26. The van der Waals surface area contributed by atoms with Crippen LogP contribution in [0.3, 0.4) is 0 Å². The summed E-state index contributed by atoms with van der Waals surface area (Å²) in [5, 5.41) is 9.10. The molecule has 0 radical (unpaired) electrons. The van der Waals surface area contributed by atoms with Gasteiger partial charge in [0.1, 0.15) is 0 Å². The molecule has 72 valence electrons. The molecule has 0 saturated heterocycles. The van der Waals surface area contributed by atoms with E-state index >= 15 is 0 Å². The molecule has 0 fully saturated rings. The summed E-state index contributed by atoms with van der Waals surface area (Å²) >= 11 is 4.49. The van der Waals surface area contributed by atoms with Crippen LogP contribution in [0.1, 0.15) is 12.5 Å². The minimum atomic E-state index is -0.638. The highest BCUT2D eigenvalue weighted by Crippen LogP contribution is 2.22. The molecule has 1 aromatic rings. The standard InChI is InChI=1S/C9H11I2NO/c1-9(12,5-13)6-2-7(10)4-8(11)3-6/h2-4,13H,5,12H2,1H3. The van der Waals surface area contributed by atoms with Gasteiger partial charge in [0.25, 0.3) is 0 Å². The minimum absolute atomic E-state index is 0.0385. The number of hydrogen-bond donors (Lipinski definition) is 2. The van der Waals surface area contributed by atoms with E-state index in [-0.39, 0.29) is 6.61 Å². The van der Waals surface area contributed by atoms with Crippen molar-refractivity contribution >= 4 is 45.2 Å². The number of benzene rings is 1. The van der Waals surface area contributed by atoms with E-state index in [1.807, 2.05) is 19.1 Å². The summed E-state index contributed by atoms with van der Waals surface area (Å²) < 4.78 is 2.29. The third kappa shape index (κ3) is 3.03. The van der Waals surface area contributed by atoms with Crippen molar-refractivity contribution < 1.29 is 5.11 Å². The largest absolute Gasteiger partial charge is 0.394 e. The van der Waals surface area contributed by atoms with E-state index in [0.29, 0.717) is 0 Å². The highest BCUT2D eigenvalue weighted by molar-refractivity contribution is 14.1. The lowest BCUT2D eigenvalue weighted by Gasteiger charge is -2.22. The van der Waals surface area contributed by atoms with Gasteiger partial charge in [-0.05, 0) is 75.9 Å². The van der Waals surface area contributed by atoms with Crippen molar-refractivity contribution in [2.45, 2.75) is 12.5 Å². The summed E-state index contributed by atoms with van der Waals surface area (Å²) in [6.07, 6.45) is 0. The van der Waals surface area contributed by atoms with Crippen LogP contribution in [0.25, 0.3) is 0 Å². The third-order valence-corrected chi connectivity index (χ3v) is 3.10. The lowest BCUT2D eigenvalue weighted by atomic mass is 9.94. The summed E-state index contributed by atoms with van der Waals surface area (Å²) in [6.45, 7) is 1.79. The maximum Gasteiger partial charge on any atom is 0.0650 e. The van der Waals surface area contributed by atoms with Crippen molar-refractivity contribution in [1.29, 1.82) is 0 Å². The molecule has 0 aromatic heterocycles. The molecule has 1 unspecified atom stereocenters. The Balaban J connectivity index is 3.15. The molecule has 3 N–H and O–H groups in total. The van der Waals surface area contributed by atoms with Crippen LogP contribution in [-0.4, -0.2) is 11.7 Å². The van der Waals surface area contributed by atoms with Gasteiger partial charge in [-0.3, -0.25) is 0 Å². The van der Waals surface area contributed by atoms with E-state index in [1.165, 1.54) is 0 Å². The van der Waals surface area contributed by atoms with Gasteiger partial charge in [-0.2, -0.15) is 0 Å². The van der Waals surface area contributed by atoms with Crippen LogP contribution in [0.5, 0.6) is 0 Å². The van der Waals surface area contributed by atoms with Crippen molar-refractivity contribution in [1.82, 2.24) is 0 Å². The molecule has 4 heteroatoms. The highest BCUT2D eigenvalue weighted by Gasteiger charge is 2.20. The molecule has 13 heavy (non-hydrogen) atoms. The number of nitrogens with two attached hydrogens (primary N) is 1. The maximum absolute atomic E-state index is 9.10.